The standard InChI is InChI=1S/C29H29F3N2O6/c1-28(2,3)21-11-13-22(14-12-21)34(27(38)39-23-5-4-6-24(17-23)40-29(30,31)32)18-19-7-9-20(10-8-19)26(37)33-16-15-25(35)36/h4-14,17H,15-16,18H2,1-3H3,(H,33,37)(H,35,36). The SMILES string of the molecule is CC(C)(C)c1ccc(N(Cc2ccc(C(=O)NCCC(=O)O)cc2)C(=O)Oc2cccc(OC(F)(F)F)c2)cc1. The van der Waals surface area contributed by atoms with Crippen LogP contribution in [0.15, 0.2) is 72.8 Å². The second-order valence-corrected chi connectivity index (χ2v) is 9.87. The molecule has 0 saturated heterocycles. The summed E-state index contributed by atoms with van der Waals surface area (Å²) in [6.07, 6.45) is -5.95. The van der Waals surface area contributed by atoms with Crippen LogP contribution < -0.4 is 19.7 Å². The van der Waals surface area contributed by atoms with Crippen LogP contribution in [0.4, 0.5) is 23.7 Å². The number of ether oxygens (including phenoxy) is 2. The van der Waals surface area contributed by atoms with Gasteiger partial charge in [-0.2, -0.15) is 0 Å². The smallest absolute Gasteiger partial charge is 0.481 e. The van der Waals surface area contributed by atoms with Crippen molar-refractivity contribution in [3.05, 3.63) is 89.5 Å². The van der Waals surface area contributed by atoms with E-state index in [4.69, 9.17) is 9.84 Å². The molecule has 0 aliphatic carbocycles. The van der Waals surface area contributed by atoms with Crippen LogP contribution in [0, 0.1) is 0 Å². The molecule has 0 saturated carbocycles. The van der Waals surface area contributed by atoms with Gasteiger partial charge in [-0.3, -0.25) is 14.5 Å². The maximum atomic E-state index is 13.3. The third-order valence-corrected chi connectivity index (χ3v) is 5.69. The normalized spacial score (nSPS) is 11.4. The number of alkyl halides is 3. The number of aliphatic carboxylic acids is 1. The molecule has 0 unspecified atom stereocenters. The molecule has 40 heavy (non-hydrogen) atoms. The summed E-state index contributed by atoms with van der Waals surface area (Å²) < 4.78 is 47.2. The Hall–Kier alpha value is -4.54. The molecule has 3 aromatic carbocycles. The zero-order valence-corrected chi connectivity index (χ0v) is 22.1. The summed E-state index contributed by atoms with van der Waals surface area (Å²) >= 11 is 0. The lowest BCUT2D eigenvalue weighted by molar-refractivity contribution is -0.274. The van der Waals surface area contributed by atoms with Crippen molar-refractivity contribution in [2.75, 3.05) is 11.4 Å². The van der Waals surface area contributed by atoms with Gasteiger partial charge in [0.1, 0.15) is 11.5 Å². The predicted molar refractivity (Wildman–Crippen MR) is 142 cm³/mol. The molecule has 0 radical (unpaired) electrons. The Balaban J connectivity index is 1.83. The van der Waals surface area contributed by atoms with Gasteiger partial charge in [-0.15, -0.1) is 13.2 Å². The largest absolute Gasteiger partial charge is 0.573 e. The Bertz CT molecular complexity index is 1330. The molecule has 0 fully saturated rings. The van der Waals surface area contributed by atoms with Crippen LogP contribution in [0.25, 0.3) is 0 Å². The molecule has 0 atom stereocenters. The molecule has 0 aliphatic heterocycles. The minimum atomic E-state index is -4.90. The molecule has 0 bridgehead atoms. The highest BCUT2D eigenvalue weighted by Gasteiger charge is 2.31. The first-order valence-electron chi connectivity index (χ1n) is 12.3. The second-order valence-electron chi connectivity index (χ2n) is 9.87. The van der Waals surface area contributed by atoms with Crippen molar-refractivity contribution in [1.82, 2.24) is 5.32 Å². The monoisotopic (exact) mass is 558 g/mol. The van der Waals surface area contributed by atoms with E-state index in [9.17, 15) is 27.6 Å². The molecule has 2 amide bonds. The first-order valence-corrected chi connectivity index (χ1v) is 12.3. The van der Waals surface area contributed by atoms with Gasteiger partial charge in [0.15, 0.2) is 0 Å². The number of carbonyl (C=O) groups excluding carboxylic acids is 2. The number of carboxylic acids is 1. The fraction of sp³-hybridized carbons (Fsp3) is 0.276. The first-order chi connectivity index (χ1) is 18.7. The number of hydrogen-bond donors (Lipinski definition) is 2. The van der Waals surface area contributed by atoms with Crippen molar-refractivity contribution in [2.45, 2.75) is 45.5 Å². The van der Waals surface area contributed by atoms with E-state index >= 15 is 0 Å². The fourth-order valence-corrected chi connectivity index (χ4v) is 3.62. The zero-order chi connectivity index (χ0) is 29.5. The van der Waals surface area contributed by atoms with Crippen LogP contribution in [-0.4, -0.2) is 36.0 Å². The van der Waals surface area contributed by atoms with Crippen molar-refractivity contribution in [3.8, 4) is 11.5 Å². The Morgan fingerprint density at radius 1 is 0.900 bits per heavy atom. The molecule has 0 aromatic heterocycles. The summed E-state index contributed by atoms with van der Waals surface area (Å²) in [7, 11) is 0. The van der Waals surface area contributed by atoms with Crippen molar-refractivity contribution >= 4 is 23.7 Å². The molecular formula is C29H29F3N2O6. The highest BCUT2D eigenvalue weighted by Crippen LogP contribution is 2.29. The number of nitrogens with zero attached hydrogens (tertiary/aromatic N) is 1. The van der Waals surface area contributed by atoms with E-state index in [0.29, 0.717) is 16.8 Å². The molecule has 11 heteroatoms. The minimum Gasteiger partial charge on any atom is -0.481 e. The second kappa shape index (κ2) is 12.5. The van der Waals surface area contributed by atoms with Gasteiger partial charge in [0.2, 0.25) is 0 Å². The highest BCUT2D eigenvalue weighted by molar-refractivity contribution is 5.94. The van der Waals surface area contributed by atoms with E-state index in [1.54, 1.807) is 24.3 Å². The fourth-order valence-electron chi connectivity index (χ4n) is 3.62. The molecular weight excluding hydrogens is 529 g/mol. The molecule has 0 spiro atoms. The van der Waals surface area contributed by atoms with Gasteiger partial charge in [0.25, 0.3) is 5.91 Å². The van der Waals surface area contributed by atoms with Crippen LogP contribution in [-0.2, 0) is 16.8 Å². The molecule has 3 aromatic rings. The number of benzene rings is 3. The van der Waals surface area contributed by atoms with E-state index in [-0.39, 0.29) is 30.7 Å². The summed E-state index contributed by atoms with van der Waals surface area (Å²) in [5, 5.41) is 11.2. The van der Waals surface area contributed by atoms with Gasteiger partial charge >= 0.3 is 18.4 Å². The topological polar surface area (TPSA) is 105 Å². The molecule has 212 valence electrons. The number of anilines is 1. The third-order valence-electron chi connectivity index (χ3n) is 5.69. The average Bonchev–Trinajstić information content (AvgIpc) is 2.86. The summed E-state index contributed by atoms with van der Waals surface area (Å²) in [5.74, 6) is -2.15. The Kier molecular flexibility index (Phi) is 9.41. The predicted octanol–water partition coefficient (Wildman–Crippen LogP) is 6.29. The summed E-state index contributed by atoms with van der Waals surface area (Å²) in [6, 6.07) is 18.2. The van der Waals surface area contributed by atoms with E-state index in [1.807, 2.05) is 32.9 Å². The van der Waals surface area contributed by atoms with Gasteiger partial charge in [0, 0.05) is 23.9 Å². The minimum absolute atomic E-state index is 0.0185. The maximum absolute atomic E-state index is 13.3. The van der Waals surface area contributed by atoms with Crippen molar-refractivity contribution < 1.29 is 42.1 Å². The van der Waals surface area contributed by atoms with Gasteiger partial charge in [-0.25, -0.2) is 4.79 Å². The van der Waals surface area contributed by atoms with Crippen molar-refractivity contribution in [2.24, 2.45) is 0 Å². The van der Waals surface area contributed by atoms with Gasteiger partial charge in [0.05, 0.1) is 13.0 Å². The number of carboxylic acid groups (broad SMARTS) is 1. The molecule has 3 rings (SSSR count). The van der Waals surface area contributed by atoms with Crippen LogP contribution in [0.1, 0.15) is 48.7 Å². The van der Waals surface area contributed by atoms with Crippen molar-refractivity contribution in [1.29, 1.82) is 0 Å². The van der Waals surface area contributed by atoms with Crippen LogP contribution in [0.5, 0.6) is 11.5 Å². The number of halogens is 3. The van der Waals surface area contributed by atoms with Gasteiger partial charge in [-0.1, -0.05) is 51.1 Å². The van der Waals surface area contributed by atoms with E-state index in [2.05, 4.69) is 10.1 Å². The first kappa shape index (κ1) is 30.0. The number of carbonyl (C=O) groups is 3. The molecule has 0 aliphatic rings. The van der Waals surface area contributed by atoms with E-state index in [0.717, 1.165) is 17.7 Å². The Morgan fingerprint density at radius 3 is 2.10 bits per heavy atom. The Labute approximate surface area is 229 Å². The van der Waals surface area contributed by atoms with E-state index < -0.39 is 30.1 Å². The third kappa shape index (κ3) is 9.04. The molecule has 0 heterocycles. The lowest BCUT2D eigenvalue weighted by Gasteiger charge is -2.24. The number of amides is 2. The average molecular weight is 559 g/mol. The van der Waals surface area contributed by atoms with Gasteiger partial charge < -0.3 is 19.9 Å². The summed E-state index contributed by atoms with van der Waals surface area (Å²) in [5.41, 5.74) is 2.31. The number of hydrogen-bond acceptors (Lipinski definition) is 5. The lowest BCUT2D eigenvalue weighted by atomic mass is 9.87. The lowest BCUT2D eigenvalue weighted by Crippen LogP contribution is -2.33. The van der Waals surface area contributed by atoms with Crippen LogP contribution in [0.2, 0.25) is 0 Å². The Morgan fingerprint density at radius 2 is 1.52 bits per heavy atom. The summed E-state index contributed by atoms with van der Waals surface area (Å²) in [4.78, 5) is 37.5. The zero-order valence-electron chi connectivity index (χ0n) is 22.1. The van der Waals surface area contributed by atoms with Crippen LogP contribution >= 0.6 is 0 Å². The maximum Gasteiger partial charge on any atom is 0.573 e. The quantitative estimate of drug-likeness (QED) is 0.320. The molecule has 8 nitrogen and oxygen atoms in total. The number of nitrogens with one attached hydrogen (secondary N) is 1. The van der Waals surface area contributed by atoms with E-state index in [1.165, 1.54) is 29.2 Å². The van der Waals surface area contributed by atoms with Gasteiger partial charge in [-0.05, 0) is 52.9 Å². The molecule has 2 N–H and O–H groups in total. The highest BCUT2D eigenvalue weighted by atomic mass is 19.4. The number of rotatable bonds is 9. The van der Waals surface area contributed by atoms with Crippen molar-refractivity contribution in [3.63, 3.8) is 0 Å². The van der Waals surface area contributed by atoms with Crippen LogP contribution in [0.3, 0.4) is 0 Å². The summed E-state index contributed by atoms with van der Waals surface area (Å²) in [6.45, 7) is 6.14.